The van der Waals surface area contributed by atoms with Crippen LogP contribution < -0.4 is 10.5 Å². The van der Waals surface area contributed by atoms with Gasteiger partial charge in [0.15, 0.2) is 0 Å². The van der Waals surface area contributed by atoms with Crippen molar-refractivity contribution in [2.45, 2.75) is 39.7 Å². The minimum absolute atomic E-state index is 0.0435. The monoisotopic (exact) mass is 282 g/mol. The molecule has 1 unspecified atom stereocenters. The molecule has 2 N–H and O–H groups in total. The average molecular weight is 282 g/mol. The van der Waals surface area contributed by atoms with E-state index >= 15 is 0 Å². The van der Waals surface area contributed by atoms with Crippen LogP contribution in [0.3, 0.4) is 0 Å². The molecule has 1 aromatic rings. The molecule has 1 aromatic carbocycles. The van der Waals surface area contributed by atoms with Crippen molar-refractivity contribution >= 4 is 0 Å². The van der Waals surface area contributed by atoms with Gasteiger partial charge in [0.1, 0.15) is 18.2 Å². The Morgan fingerprint density at radius 3 is 2.55 bits per heavy atom. The van der Waals surface area contributed by atoms with Crippen LogP contribution in [0, 0.1) is 5.82 Å². The van der Waals surface area contributed by atoms with E-state index in [0.29, 0.717) is 13.0 Å². The molecule has 0 bridgehead atoms. The molecule has 0 spiro atoms. The Kier molecular flexibility index (Phi) is 7.55. The Labute approximate surface area is 121 Å². The molecule has 0 aliphatic rings. The van der Waals surface area contributed by atoms with Gasteiger partial charge in [-0.25, -0.2) is 4.39 Å². The van der Waals surface area contributed by atoms with Crippen LogP contribution in [0.15, 0.2) is 18.2 Å². The molecule has 114 valence electrons. The summed E-state index contributed by atoms with van der Waals surface area (Å²) in [7, 11) is 0. The van der Waals surface area contributed by atoms with Gasteiger partial charge in [-0.3, -0.25) is 0 Å². The van der Waals surface area contributed by atoms with Crippen LogP contribution in [-0.2, 0) is 6.42 Å². The van der Waals surface area contributed by atoms with Gasteiger partial charge in [0, 0.05) is 12.6 Å². The molecule has 0 aliphatic carbocycles. The predicted octanol–water partition coefficient (Wildman–Crippen LogP) is 2.83. The normalized spacial score (nSPS) is 12.7. The molecule has 1 atom stereocenters. The smallest absolute Gasteiger partial charge is 0.123 e. The maximum atomic E-state index is 13.4. The van der Waals surface area contributed by atoms with Gasteiger partial charge in [-0.1, -0.05) is 20.8 Å². The second kappa shape index (κ2) is 8.93. The van der Waals surface area contributed by atoms with Crippen molar-refractivity contribution in [3.8, 4) is 5.75 Å². The Balaban J connectivity index is 2.64. The molecular formula is C16H27FN2O. The zero-order chi connectivity index (χ0) is 15.0. The van der Waals surface area contributed by atoms with E-state index in [2.05, 4.69) is 18.7 Å². The third kappa shape index (κ3) is 5.47. The zero-order valence-corrected chi connectivity index (χ0v) is 12.9. The van der Waals surface area contributed by atoms with Crippen molar-refractivity contribution < 1.29 is 9.13 Å². The third-order valence-corrected chi connectivity index (χ3v) is 3.59. The molecule has 0 amide bonds. The third-order valence-electron chi connectivity index (χ3n) is 3.59. The van der Waals surface area contributed by atoms with Crippen molar-refractivity contribution in [3.63, 3.8) is 0 Å². The van der Waals surface area contributed by atoms with Crippen LogP contribution in [-0.4, -0.2) is 37.2 Å². The van der Waals surface area contributed by atoms with Gasteiger partial charge in [-0.05, 0) is 49.7 Å². The van der Waals surface area contributed by atoms with Crippen molar-refractivity contribution in [2.75, 3.05) is 26.2 Å². The maximum absolute atomic E-state index is 13.4. The first-order chi connectivity index (χ1) is 9.60. The number of halogens is 1. The Morgan fingerprint density at radius 2 is 1.95 bits per heavy atom. The second-order valence-electron chi connectivity index (χ2n) is 5.00. The van der Waals surface area contributed by atoms with Crippen molar-refractivity contribution in [1.29, 1.82) is 0 Å². The van der Waals surface area contributed by atoms with E-state index < -0.39 is 0 Å². The van der Waals surface area contributed by atoms with Crippen LogP contribution in [0.2, 0.25) is 0 Å². The minimum atomic E-state index is -0.237. The summed E-state index contributed by atoms with van der Waals surface area (Å²) in [4.78, 5) is 2.29. The summed E-state index contributed by atoms with van der Waals surface area (Å²) in [5.74, 6) is 0.516. The second-order valence-corrected chi connectivity index (χ2v) is 5.00. The van der Waals surface area contributed by atoms with E-state index in [1.807, 2.05) is 6.92 Å². The lowest BCUT2D eigenvalue weighted by atomic mass is 10.0. The fourth-order valence-electron chi connectivity index (χ4n) is 2.10. The predicted molar refractivity (Wildman–Crippen MR) is 81.7 cm³/mol. The molecular weight excluding hydrogens is 255 g/mol. The first-order valence-corrected chi connectivity index (χ1v) is 7.49. The quantitative estimate of drug-likeness (QED) is 0.757. The highest BCUT2D eigenvalue weighted by Crippen LogP contribution is 2.21. The highest BCUT2D eigenvalue weighted by atomic mass is 19.1. The van der Waals surface area contributed by atoms with Crippen molar-refractivity contribution in [1.82, 2.24) is 4.90 Å². The van der Waals surface area contributed by atoms with Crippen molar-refractivity contribution in [3.05, 3.63) is 29.6 Å². The number of hydrogen-bond donors (Lipinski definition) is 1. The summed E-state index contributed by atoms with van der Waals surface area (Å²) in [5, 5.41) is 0. The molecule has 0 radical (unpaired) electrons. The van der Waals surface area contributed by atoms with Gasteiger partial charge in [0.2, 0.25) is 0 Å². The first-order valence-electron chi connectivity index (χ1n) is 7.49. The summed E-state index contributed by atoms with van der Waals surface area (Å²) in [6.07, 6.45) is 1.52. The molecule has 20 heavy (non-hydrogen) atoms. The lowest BCUT2D eigenvalue weighted by molar-refractivity contribution is 0.221. The molecule has 1 rings (SSSR count). The molecule has 0 aliphatic heterocycles. The molecule has 0 saturated carbocycles. The minimum Gasteiger partial charge on any atom is -0.492 e. The van der Waals surface area contributed by atoms with Crippen LogP contribution in [0.1, 0.15) is 32.8 Å². The molecule has 0 heterocycles. The van der Waals surface area contributed by atoms with Gasteiger partial charge >= 0.3 is 0 Å². The van der Waals surface area contributed by atoms with Crippen LogP contribution >= 0.6 is 0 Å². The average Bonchev–Trinajstić information content (AvgIpc) is 2.45. The highest BCUT2D eigenvalue weighted by molar-refractivity contribution is 5.34. The number of nitrogens with zero attached hydrogens (tertiary/aromatic N) is 1. The molecule has 3 nitrogen and oxygen atoms in total. The Hall–Kier alpha value is -1.13. The van der Waals surface area contributed by atoms with Crippen LogP contribution in [0.5, 0.6) is 5.75 Å². The Bertz CT molecular complexity index is 394. The number of ether oxygens (including phenoxy) is 1. The highest BCUT2D eigenvalue weighted by Gasteiger charge is 2.10. The van der Waals surface area contributed by atoms with Gasteiger partial charge in [0.05, 0.1) is 0 Å². The summed E-state index contributed by atoms with van der Waals surface area (Å²) >= 11 is 0. The summed E-state index contributed by atoms with van der Waals surface area (Å²) in [6, 6.07) is 4.72. The molecule has 4 heteroatoms. The SMILES string of the molecule is CCC(N)Cc1cc(F)ccc1OCCN(CC)CC. The van der Waals surface area contributed by atoms with E-state index in [-0.39, 0.29) is 11.9 Å². The van der Waals surface area contributed by atoms with E-state index in [1.54, 1.807) is 6.07 Å². The number of nitrogens with two attached hydrogens (primary N) is 1. The van der Waals surface area contributed by atoms with E-state index in [9.17, 15) is 4.39 Å². The number of hydrogen-bond acceptors (Lipinski definition) is 3. The van der Waals surface area contributed by atoms with Gasteiger partial charge in [-0.15, -0.1) is 0 Å². The summed E-state index contributed by atoms with van der Waals surface area (Å²) in [6.45, 7) is 9.81. The summed E-state index contributed by atoms with van der Waals surface area (Å²) in [5.41, 5.74) is 6.82. The van der Waals surface area contributed by atoms with Crippen LogP contribution in [0.25, 0.3) is 0 Å². The fraction of sp³-hybridized carbons (Fsp3) is 0.625. The van der Waals surface area contributed by atoms with Gasteiger partial charge in [0.25, 0.3) is 0 Å². The lowest BCUT2D eigenvalue weighted by Crippen LogP contribution is -2.28. The van der Waals surface area contributed by atoms with Crippen LogP contribution in [0.4, 0.5) is 4.39 Å². The van der Waals surface area contributed by atoms with Gasteiger partial charge in [-0.2, -0.15) is 0 Å². The molecule has 0 fully saturated rings. The Morgan fingerprint density at radius 1 is 1.25 bits per heavy atom. The lowest BCUT2D eigenvalue weighted by Gasteiger charge is -2.19. The fourth-order valence-corrected chi connectivity index (χ4v) is 2.10. The van der Waals surface area contributed by atoms with E-state index in [0.717, 1.165) is 37.4 Å². The molecule has 0 aromatic heterocycles. The number of likely N-dealkylation sites (N-methyl/N-ethyl adjacent to an activating group) is 1. The van der Waals surface area contributed by atoms with E-state index in [1.165, 1.54) is 12.1 Å². The standard InChI is InChI=1S/C16H27FN2O/c1-4-15(18)12-13-11-14(17)7-8-16(13)20-10-9-19(5-2)6-3/h7-8,11,15H,4-6,9-10,12,18H2,1-3H3. The molecule has 0 saturated heterocycles. The first kappa shape index (κ1) is 16.9. The zero-order valence-electron chi connectivity index (χ0n) is 12.9. The number of benzene rings is 1. The largest absolute Gasteiger partial charge is 0.492 e. The topological polar surface area (TPSA) is 38.5 Å². The van der Waals surface area contributed by atoms with Crippen molar-refractivity contribution in [2.24, 2.45) is 5.73 Å². The maximum Gasteiger partial charge on any atom is 0.123 e. The number of rotatable bonds is 9. The van der Waals surface area contributed by atoms with E-state index in [4.69, 9.17) is 10.5 Å². The summed E-state index contributed by atoms with van der Waals surface area (Å²) < 4.78 is 19.2. The van der Waals surface area contributed by atoms with Gasteiger partial charge < -0.3 is 15.4 Å².